The van der Waals surface area contributed by atoms with Gasteiger partial charge in [-0.25, -0.2) is 13.6 Å². The zero-order valence-corrected chi connectivity index (χ0v) is 12.3. The average molecular weight is 313 g/mol. The number of methoxy groups -OCH3 is 1. The van der Waals surface area contributed by atoms with Crippen molar-refractivity contribution in [3.8, 4) is 0 Å². The third-order valence-electron chi connectivity index (χ3n) is 3.73. The van der Waals surface area contributed by atoms with Crippen LogP contribution in [0.5, 0.6) is 0 Å². The van der Waals surface area contributed by atoms with E-state index in [0.717, 1.165) is 25.3 Å². The van der Waals surface area contributed by atoms with Crippen LogP contribution in [-0.2, 0) is 24.6 Å². The summed E-state index contributed by atoms with van der Waals surface area (Å²) in [5.74, 6) is -3.30. The number of halogens is 2. The van der Waals surface area contributed by atoms with E-state index >= 15 is 0 Å². The maximum Gasteiger partial charge on any atom is 0.336 e. The Labute approximate surface area is 126 Å². The van der Waals surface area contributed by atoms with Gasteiger partial charge < -0.3 is 14.8 Å². The monoisotopic (exact) mass is 313 g/mol. The molecule has 22 heavy (non-hydrogen) atoms. The van der Waals surface area contributed by atoms with E-state index in [1.54, 1.807) is 0 Å². The highest BCUT2D eigenvalue weighted by molar-refractivity contribution is 5.90. The number of carbonyl (C=O) groups excluding carboxylic acids is 2. The highest BCUT2D eigenvalue weighted by Gasteiger charge is 2.42. The maximum atomic E-state index is 14.0. The Morgan fingerprint density at radius 1 is 1.41 bits per heavy atom. The van der Waals surface area contributed by atoms with Crippen LogP contribution in [0, 0.1) is 17.6 Å². The summed E-state index contributed by atoms with van der Waals surface area (Å²) >= 11 is 0. The summed E-state index contributed by atoms with van der Waals surface area (Å²) in [6.45, 7) is 1.96. The van der Waals surface area contributed by atoms with E-state index in [1.165, 1.54) is 6.92 Å². The van der Waals surface area contributed by atoms with Crippen molar-refractivity contribution in [1.82, 2.24) is 5.32 Å². The molecule has 7 heteroatoms. The van der Waals surface area contributed by atoms with Crippen LogP contribution in [0.2, 0.25) is 0 Å². The van der Waals surface area contributed by atoms with Crippen molar-refractivity contribution < 1.29 is 27.8 Å². The van der Waals surface area contributed by atoms with Crippen molar-refractivity contribution in [2.45, 2.75) is 18.9 Å². The molecule has 1 N–H and O–H groups in total. The molecule has 0 bridgehead atoms. The van der Waals surface area contributed by atoms with Crippen LogP contribution >= 0.6 is 0 Å². The van der Waals surface area contributed by atoms with Gasteiger partial charge in [0.25, 0.3) is 0 Å². The van der Waals surface area contributed by atoms with Gasteiger partial charge in [-0.3, -0.25) is 4.79 Å². The fourth-order valence-corrected chi connectivity index (χ4v) is 2.40. The minimum atomic E-state index is -1.82. The number of ether oxygens (including phenoxy) is 2. The van der Waals surface area contributed by atoms with Gasteiger partial charge in [0.1, 0.15) is 11.6 Å². The lowest BCUT2D eigenvalue weighted by Crippen LogP contribution is -2.52. The Hall–Kier alpha value is -2.02. The second-order valence-electron chi connectivity index (χ2n) is 5.29. The first-order valence-electron chi connectivity index (χ1n) is 6.82. The van der Waals surface area contributed by atoms with Crippen LogP contribution in [-0.4, -0.2) is 32.2 Å². The van der Waals surface area contributed by atoms with E-state index < -0.39 is 35.0 Å². The summed E-state index contributed by atoms with van der Waals surface area (Å²) in [6, 6.07) is 2.71. The Balaban J connectivity index is 2.37. The Bertz CT molecular complexity index is 587. The highest BCUT2D eigenvalue weighted by Crippen LogP contribution is 2.27. The second-order valence-corrected chi connectivity index (χ2v) is 5.29. The standard InChI is InChI=1S/C15H17F2NO4/c1-15(14(20)21-2,11-7-10(16)3-4-12(11)17)18-13(19)9-5-6-22-8-9/h3-4,7,9H,5-6,8H2,1-2H3,(H,18,19)/t9-,15+/m1/s1. The van der Waals surface area contributed by atoms with Gasteiger partial charge in [0.2, 0.25) is 5.91 Å². The lowest BCUT2D eigenvalue weighted by atomic mass is 9.90. The van der Waals surface area contributed by atoms with Gasteiger partial charge in [-0.2, -0.15) is 0 Å². The topological polar surface area (TPSA) is 64.6 Å². The van der Waals surface area contributed by atoms with E-state index in [0.29, 0.717) is 13.0 Å². The quantitative estimate of drug-likeness (QED) is 0.856. The van der Waals surface area contributed by atoms with E-state index in [9.17, 15) is 18.4 Å². The minimum Gasteiger partial charge on any atom is -0.467 e. The molecular weight excluding hydrogens is 296 g/mol. The molecule has 1 aliphatic heterocycles. The van der Waals surface area contributed by atoms with Crippen molar-refractivity contribution in [3.63, 3.8) is 0 Å². The lowest BCUT2D eigenvalue weighted by molar-refractivity contribution is -0.151. The zero-order chi connectivity index (χ0) is 16.3. The van der Waals surface area contributed by atoms with E-state index in [4.69, 9.17) is 4.74 Å². The molecule has 0 spiro atoms. The molecule has 5 nitrogen and oxygen atoms in total. The summed E-state index contributed by atoms with van der Waals surface area (Å²) in [6.07, 6.45) is 0.509. The van der Waals surface area contributed by atoms with Crippen LogP contribution in [0.15, 0.2) is 18.2 Å². The number of nitrogens with one attached hydrogen (secondary N) is 1. The molecule has 0 radical (unpaired) electrons. The van der Waals surface area contributed by atoms with Gasteiger partial charge in [-0.1, -0.05) is 0 Å². The van der Waals surface area contributed by atoms with Crippen LogP contribution in [0.4, 0.5) is 8.78 Å². The molecule has 120 valence electrons. The number of benzene rings is 1. The molecule has 1 amide bonds. The first kappa shape index (κ1) is 16.4. The van der Waals surface area contributed by atoms with Gasteiger partial charge in [-0.15, -0.1) is 0 Å². The molecule has 0 aromatic heterocycles. The summed E-state index contributed by atoms with van der Waals surface area (Å²) < 4.78 is 37.2. The molecule has 1 aromatic rings. The predicted molar refractivity (Wildman–Crippen MR) is 72.8 cm³/mol. The van der Waals surface area contributed by atoms with Gasteiger partial charge in [0.05, 0.1) is 19.6 Å². The van der Waals surface area contributed by atoms with Gasteiger partial charge in [0.15, 0.2) is 5.54 Å². The van der Waals surface area contributed by atoms with Crippen molar-refractivity contribution in [1.29, 1.82) is 0 Å². The fraction of sp³-hybridized carbons (Fsp3) is 0.467. The molecule has 1 aromatic carbocycles. The van der Waals surface area contributed by atoms with Gasteiger partial charge in [-0.05, 0) is 31.5 Å². The van der Waals surface area contributed by atoms with E-state index in [2.05, 4.69) is 10.1 Å². The van der Waals surface area contributed by atoms with Gasteiger partial charge >= 0.3 is 5.97 Å². The third kappa shape index (κ3) is 3.09. The smallest absolute Gasteiger partial charge is 0.336 e. The summed E-state index contributed by atoms with van der Waals surface area (Å²) in [5.41, 5.74) is -2.10. The average Bonchev–Trinajstić information content (AvgIpc) is 3.03. The largest absolute Gasteiger partial charge is 0.467 e. The number of carbonyl (C=O) groups is 2. The third-order valence-corrected chi connectivity index (χ3v) is 3.73. The number of amides is 1. The normalized spacial score (nSPS) is 20.3. The molecule has 2 atom stereocenters. The molecule has 1 saturated heterocycles. The Kier molecular flexibility index (Phi) is 4.75. The van der Waals surface area contributed by atoms with Crippen molar-refractivity contribution in [3.05, 3.63) is 35.4 Å². The maximum absolute atomic E-state index is 14.0. The van der Waals surface area contributed by atoms with E-state index in [-0.39, 0.29) is 12.2 Å². The molecule has 0 unspecified atom stereocenters. The first-order chi connectivity index (χ1) is 10.4. The van der Waals surface area contributed by atoms with Crippen LogP contribution < -0.4 is 5.32 Å². The lowest BCUT2D eigenvalue weighted by Gasteiger charge is -2.29. The van der Waals surface area contributed by atoms with Crippen molar-refractivity contribution in [2.75, 3.05) is 20.3 Å². The molecule has 2 rings (SSSR count). The second kappa shape index (κ2) is 6.39. The first-order valence-corrected chi connectivity index (χ1v) is 6.82. The number of hydrogen-bond donors (Lipinski definition) is 1. The van der Waals surface area contributed by atoms with E-state index in [1.807, 2.05) is 0 Å². The van der Waals surface area contributed by atoms with Crippen LogP contribution in [0.25, 0.3) is 0 Å². The fourth-order valence-electron chi connectivity index (χ4n) is 2.40. The molecular formula is C15H17F2NO4. The van der Waals surface area contributed by atoms with Crippen molar-refractivity contribution in [2.24, 2.45) is 5.92 Å². The summed E-state index contributed by atoms with van der Waals surface area (Å²) in [5, 5.41) is 2.47. The number of hydrogen-bond acceptors (Lipinski definition) is 4. The number of esters is 1. The molecule has 1 heterocycles. The van der Waals surface area contributed by atoms with Crippen LogP contribution in [0.3, 0.4) is 0 Å². The van der Waals surface area contributed by atoms with Gasteiger partial charge in [0, 0.05) is 12.2 Å². The Morgan fingerprint density at radius 2 is 2.14 bits per heavy atom. The summed E-state index contributed by atoms with van der Waals surface area (Å²) in [4.78, 5) is 24.3. The molecule has 1 aliphatic rings. The summed E-state index contributed by atoms with van der Waals surface area (Å²) in [7, 11) is 1.11. The minimum absolute atomic E-state index is 0.231. The predicted octanol–water partition coefficient (Wildman–Crippen LogP) is 1.51. The number of rotatable bonds is 4. The SMILES string of the molecule is COC(=O)[C@@](C)(NC(=O)[C@@H]1CCOC1)c1cc(F)ccc1F. The molecule has 0 aliphatic carbocycles. The van der Waals surface area contributed by atoms with Crippen molar-refractivity contribution >= 4 is 11.9 Å². The zero-order valence-electron chi connectivity index (χ0n) is 12.3. The Morgan fingerprint density at radius 3 is 2.73 bits per heavy atom. The molecule has 0 saturated carbocycles. The highest BCUT2D eigenvalue weighted by atomic mass is 19.1. The molecule has 1 fully saturated rings. The van der Waals surface area contributed by atoms with Crippen LogP contribution in [0.1, 0.15) is 18.9 Å².